The fraction of sp³-hybridized carbons (Fsp3) is 1.00. The summed E-state index contributed by atoms with van der Waals surface area (Å²) >= 11 is 0. The second kappa shape index (κ2) is 2.96. The van der Waals surface area contributed by atoms with E-state index in [0.29, 0.717) is 6.54 Å². The van der Waals surface area contributed by atoms with Gasteiger partial charge < -0.3 is 5.32 Å². The van der Waals surface area contributed by atoms with Crippen LogP contribution in [0.1, 0.15) is 11.0 Å². The van der Waals surface area contributed by atoms with Crippen molar-refractivity contribution in [1.29, 1.82) is 0 Å². The highest BCUT2D eigenvalue weighted by molar-refractivity contribution is 4.15. The predicted molar refractivity (Wildman–Crippen MR) is 19.6 cm³/mol. The SMILES string of the molecule is [2H]C([2H])([2H])NCC. The Morgan fingerprint density at radius 1 is 2.25 bits per heavy atom. The van der Waals surface area contributed by atoms with Crippen LogP contribution < -0.4 is 5.32 Å². The quantitative estimate of drug-likeness (QED) is 0.458. The second-order valence-corrected chi connectivity index (χ2v) is 0.530. The molecule has 0 fully saturated rings. The van der Waals surface area contributed by atoms with Gasteiger partial charge in [-0.05, 0) is 13.5 Å². The lowest BCUT2D eigenvalue weighted by molar-refractivity contribution is 0.864. The van der Waals surface area contributed by atoms with E-state index in [-0.39, 0.29) is 0 Å². The fourth-order valence-electron chi connectivity index (χ4n) is 0. The van der Waals surface area contributed by atoms with Gasteiger partial charge in [-0.3, -0.25) is 0 Å². The van der Waals surface area contributed by atoms with E-state index in [1.807, 2.05) is 0 Å². The molecule has 0 radical (unpaired) electrons. The predicted octanol–water partition coefficient (Wildman–Crippen LogP) is 0.226. The van der Waals surface area contributed by atoms with Gasteiger partial charge in [-0.25, -0.2) is 0 Å². The Labute approximate surface area is 31.2 Å². The Kier molecular flexibility index (Phi) is 0.723. The lowest BCUT2D eigenvalue weighted by Crippen LogP contribution is -2.01. The zero-order valence-electron chi connectivity index (χ0n) is 5.71. The topological polar surface area (TPSA) is 12.0 Å². The number of hydrogen-bond donors (Lipinski definition) is 1. The fourth-order valence-corrected chi connectivity index (χ4v) is 0. The van der Waals surface area contributed by atoms with Gasteiger partial charge in [-0.1, -0.05) is 6.92 Å². The maximum absolute atomic E-state index is 6.55. The van der Waals surface area contributed by atoms with Crippen molar-refractivity contribution in [2.24, 2.45) is 0 Å². The molecular formula is C3H9N. The van der Waals surface area contributed by atoms with Gasteiger partial charge in [-0.2, -0.15) is 0 Å². The monoisotopic (exact) mass is 62.1 g/mol. The van der Waals surface area contributed by atoms with E-state index in [1.54, 1.807) is 6.92 Å². The van der Waals surface area contributed by atoms with Crippen LogP contribution in [-0.2, 0) is 0 Å². The third kappa shape index (κ3) is 1.96. The van der Waals surface area contributed by atoms with Crippen molar-refractivity contribution in [1.82, 2.24) is 5.32 Å². The van der Waals surface area contributed by atoms with Gasteiger partial charge in [0, 0.05) is 4.11 Å². The van der Waals surface area contributed by atoms with Crippen LogP contribution in [0, 0.1) is 0 Å². The standard InChI is InChI=1S/C3H9N/c1-3-4-2/h4H,3H2,1-2H3/i2D3. The molecule has 0 spiro atoms. The number of hydrogen-bond acceptors (Lipinski definition) is 1. The summed E-state index contributed by atoms with van der Waals surface area (Å²) in [6.07, 6.45) is 0. The molecule has 0 aliphatic rings. The van der Waals surface area contributed by atoms with E-state index >= 15 is 0 Å². The lowest BCUT2D eigenvalue weighted by atomic mass is 10.8. The van der Waals surface area contributed by atoms with Crippen LogP contribution in [0.4, 0.5) is 0 Å². The third-order valence-electron chi connectivity index (χ3n) is 0.177. The molecular weight excluding hydrogens is 50.0 g/mol. The van der Waals surface area contributed by atoms with Gasteiger partial charge in [0.25, 0.3) is 0 Å². The minimum atomic E-state index is -1.95. The van der Waals surface area contributed by atoms with Gasteiger partial charge in [0.1, 0.15) is 0 Å². The maximum atomic E-state index is 6.55. The van der Waals surface area contributed by atoms with Crippen molar-refractivity contribution in [2.45, 2.75) is 6.92 Å². The van der Waals surface area contributed by atoms with Crippen molar-refractivity contribution in [3.63, 3.8) is 0 Å². The lowest BCUT2D eigenvalue weighted by Gasteiger charge is -1.76. The van der Waals surface area contributed by atoms with E-state index in [9.17, 15) is 0 Å². The van der Waals surface area contributed by atoms with Gasteiger partial charge in [0.2, 0.25) is 0 Å². The Bertz CT molecular complexity index is 48.6. The largest absolute Gasteiger partial charge is 0.320 e. The van der Waals surface area contributed by atoms with Gasteiger partial charge in [-0.15, -0.1) is 0 Å². The summed E-state index contributed by atoms with van der Waals surface area (Å²) in [5.41, 5.74) is 0. The molecule has 0 aromatic heterocycles. The first-order valence-electron chi connectivity index (χ1n) is 2.81. The normalized spacial score (nSPS) is 21.8. The molecule has 0 aromatic carbocycles. The Morgan fingerprint density at radius 3 is 3.00 bits per heavy atom. The highest BCUT2D eigenvalue weighted by Crippen LogP contribution is 1.34. The summed E-state index contributed by atoms with van der Waals surface area (Å²) in [5, 5.41) is 2.28. The van der Waals surface area contributed by atoms with Crippen LogP contribution in [0.5, 0.6) is 0 Å². The molecule has 0 aliphatic heterocycles. The van der Waals surface area contributed by atoms with Gasteiger partial charge >= 0.3 is 0 Å². The summed E-state index contributed by atoms with van der Waals surface area (Å²) in [6.45, 7) is 0.303. The van der Waals surface area contributed by atoms with Crippen LogP contribution >= 0.6 is 0 Å². The molecule has 0 aromatic rings. The Hall–Kier alpha value is -0.0400. The first-order valence-corrected chi connectivity index (χ1v) is 1.31. The van der Waals surface area contributed by atoms with Crippen molar-refractivity contribution in [2.75, 3.05) is 13.5 Å². The van der Waals surface area contributed by atoms with E-state index in [0.717, 1.165) is 0 Å². The van der Waals surface area contributed by atoms with Crippen molar-refractivity contribution in [3.8, 4) is 0 Å². The highest BCUT2D eigenvalue weighted by atomic mass is 14.8. The first kappa shape index (κ1) is 0.977. The second-order valence-electron chi connectivity index (χ2n) is 0.530. The van der Waals surface area contributed by atoms with Gasteiger partial charge in [0.05, 0.1) is 0 Å². The first-order chi connectivity index (χ1) is 3.06. The maximum Gasteiger partial charge on any atom is 0.0391 e. The van der Waals surface area contributed by atoms with E-state index in [4.69, 9.17) is 4.11 Å². The van der Waals surface area contributed by atoms with Crippen LogP contribution in [0.25, 0.3) is 0 Å². The molecule has 26 valence electrons. The summed E-state index contributed by atoms with van der Waals surface area (Å²) < 4.78 is 19.7. The van der Waals surface area contributed by atoms with Crippen LogP contribution in [0.15, 0.2) is 0 Å². The minimum absolute atomic E-state index is 0.497. The molecule has 0 amide bonds. The molecule has 0 aliphatic carbocycles. The third-order valence-corrected chi connectivity index (χ3v) is 0.177. The molecule has 0 bridgehead atoms. The Balaban J connectivity index is 3.15. The van der Waals surface area contributed by atoms with Crippen LogP contribution in [-0.4, -0.2) is 13.5 Å². The summed E-state index contributed by atoms with van der Waals surface area (Å²) in [6, 6.07) is 0. The molecule has 4 heavy (non-hydrogen) atoms. The number of nitrogens with one attached hydrogen (secondary N) is 1. The van der Waals surface area contributed by atoms with Crippen molar-refractivity contribution >= 4 is 0 Å². The summed E-state index contributed by atoms with van der Waals surface area (Å²) in [4.78, 5) is 0. The average molecular weight is 62.1 g/mol. The zero-order valence-corrected chi connectivity index (χ0v) is 2.71. The van der Waals surface area contributed by atoms with E-state index in [1.165, 1.54) is 0 Å². The van der Waals surface area contributed by atoms with Crippen molar-refractivity contribution in [3.05, 3.63) is 0 Å². The van der Waals surface area contributed by atoms with E-state index in [2.05, 4.69) is 5.32 Å². The Morgan fingerprint density at radius 2 is 3.00 bits per heavy atom. The van der Waals surface area contributed by atoms with Crippen LogP contribution in [0.2, 0.25) is 0 Å². The van der Waals surface area contributed by atoms with Gasteiger partial charge in [0.15, 0.2) is 0 Å². The molecule has 1 N–H and O–H groups in total. The highest BCUT2D eigenvalue weighted by Gasteiger charge is 1.50. The molecule has 0 saturated carbocycles. The molecule has 0 saturated heterocycles. The average Bonchev–Trinajstić information content (AvgIpc) is 1.30. The van der Waals surface area contributed by atoms with Crippen LogP contribution in [0.3, 0.4) is 0 Å². The van der Waals surface area contributed by atoms with Crippen molar-refractivity contribution < 1.29 is 4.11 Å². The molecule has 0 unspecified atom stereocenters. The number of rotatable bonds is 1. The zero-order chi connectivity index (χ0) is 5.91. The van der Waals surface area contributed by atoms with E-state index < -0.39 is 6.98 Å². The summed E-state index contributed by atoms with van der Waals surface area (Å²) in [5.74, 6) is 0. The molecule has 1 nitrogen and oxygen atoms in total. The summed E-state index contributed by atoms with van der Waals surface area (Å²) in [7, 11) is 0. The molecule has 1 heteroatoms. The minimum Gasteiger partial charge on any atom is -0.320 e. The molecule has 0 heterocycles. The molecule has 0 atom stereocenters. The smallest absolute Gasteiger partial charge is 0.0391 e. The molecule has 0 rings (SSSR count).